The first-order valence-corrected chi connectivity index (χ1v) is 6.29. The first kappa shape index (κ1) is 14.4. The van der Waals surface area contributed by atoms with Gasteiger partial charge in [0.05, 0.1) is 0 Å². The van der Waals surface area contributed by atoms with Crippen LogP contribution in [0.3, 0.4) is 0 Å². The van der Waals surface area contributed by atoms with Gasteiger partial charge in [-0.15, -0.1) is 0 Å². The molecule has 0 aliphatic heterocycles. The monoisotopic (exact) mass is 249 g/mol. The van der Waals surface area contributed by atoms with E-state index in [4.69, 9.17) is 0 Å². The lowest BCUT2D eigenvalue weighted by Gasteiger charge is -2.15. The largest absolute Gasteiger partial charge is 0.294 e. The molecule has 1 aromatic rings. The highest BCUT2D eigenvalue weighted by Gasteiger charge is 2.26. The molecular weight excluding hydrogens is 230 g/mol. The third-order valence-corrected chi connectivity index (χ3v) is 3.05. The fourth-order valence-corrected chi connectivity index (χ4v) is 2.04. The molecule has 4 nitrogen and oxygen atoms in total. The first-order valence-electron chi connectivity index (χ1n) is 6.29. The minimum atomic E-state index is -0.672. The molecule has 4 heteroatoms. The summed E-state index contributed by atoms with van der Waals surface area (Å²) in [6.45, 7) is 3.54. The van der Waals surface area contributed by atoms with Gasteiger partial charge in [-0.1, -0.05) is 43.7 Å². The van der Waals surface area contributed by atoms with Gasteiger partial charge >= 0.3 is 0 Å². The van der Waals surface area contributed by atoms with Crippen molar-refractivity contribution in [1.82, 2.24) is 0 Å². The summed E-state index contributed by atoms with van der Waals surface area (Å²) >= 11 is 0. The molecule has 0 saturated heterocycles. The van der Waals surface area contributed by atoms with Crippen LogP contribution in [0.25, 0.3) is 0 Å². The Labute approximate surface area is 107 Å². The number of nitro groups is 1. The number of carbonyl (C=O) groups is 1. The average Bonchev–Trinajstić information content (AvgIpc) is 2.38. The molecule has 0 aromatic heterocycles. The summed E-state index contributed by atoms with van der Waals surface area (Å²) in [7, 11) is 0. The summed E-state index contributed by atoms with van der Waals surface area (Å²) in [4.78, 5) is 22.6. The summed E-state index contributed by atoms with van der Waals surface area (Å²) in [6.07, 6.45) is 1.87. The Balaban J connectivity index is 2.78. The Morgan fingerprint density at radius 2 is 1.94 bits per heavy atom. The lowest BCUT2D eigenvalue weighted by Crippen LogP contribution is -2.24. The second kappa shape index (κ2) is 6.89. The standard InChI is InChI=1S/C14H19NO3/c1-3-7-13(10-11(2)15(17)18)14(16)12-8-5-4-6-9-12/h4-6,8-9,11,13H,3,7,10H2,1-2H3. The third-order valence-electron chi connectivity index (χ3n) is 3.05. The average molecular weight is 249 g/mol. The Kier molecular flexibility index (Phi) is 5.49. The first-order chi connectivity index (χ1) is 8.56. The third kappa shape index (κ3) is 3.95. The zero-order chi connectivity index (χ0) is 13.5. The number of ketones is 1. The van der Waals surface area contributed by atoms with Crippen molar-refractivity contribution >= 4 is 5.78 Å². The molecule has 0 fully saturated rings. The molecule has 0 radical (unpaired) electrons. The summed E-state index contributed by atoms with van der Waals surface area (Å²) in [5.41, 5.74) is 0.645. The van der Waals surface area contributed by atoms with E-state index in [2.05, 4.69) is 0 Å². The maximum absolute atomic E-state index is 12.3. The summed E-state index contributed by atoms with van der Waals surface area (Å²) in [6, 6.07) is 8.34. The van der Waals surface area contributed by atoms with E-state index in [1.165, 1.54) is 0 Å². The lowest BCUT2D eigenvalue weighted by molar-refractivity contribution is -0.519. The number of nitrogens with zero attached hydrogens (tertiary/aromatic N) is 1. The van der Waals surface area contributed by atoms with E-state index >= 15 is 0 Å². The number of rotatable bonds is 7. The van der Waals surface area contributed by atoms with Gasteiger partial charge < -0.3 is 0 Å². The minimum absolute atomic E-state index is 0.0196. The molecule has 0 heterocycles. The van der Waals surface area contributed by atoms with Crippen LogP contribution in [0.5, 0.6) is 0 Å². The molecule has 0 amide bonds. The van der Waals surface area contributed by atoms with Crippen molar-refractivity contribution in [3.05, 3.63) is 46.0 Å². The molecule has 0 aliphatic rings. The molecular formula is C14H19NO3. The Morgan fingerprint density at radius 3 is 2.44 bits per heavy atom. The number of benzene rings is 1. The molecule has 0 aliphatic carbocycles. The van der Waals surface area contributed by atoms with Crippen LogP contribution in [0.1, 0.15) is 43.5 Å². The summed E-state index contributed by atoms with van der Waals surface area (Å²) < 4.78 is 0. The van der Waals surface area contributed by atoms with Crippen LogP contribution in [0.4, 0.5) is 0 Å². The van der Waals surface area contributed by atoms with Gasteiger partial charge in [0.25, 0.3) is 0 Å². The zero-order valence-electron chi connectivity index (χ0n) is 10.8. The smallest absolute Gasteiger partial charge is 0.211 e. The van der Waals surface area contributed by atoms with Gasteiger partial charge in [0.15, 0.2) is 5.78 Å². The second-order valence-electron chi connectivity index (χ2n) is 4.59. The van der Waals surface area contributed by atoms with E-state index in [0.29, 0.717) is 18.4 Å². The van der Waals surface area contributed by atoms with Crippen molar-refractivity contribution in [2.24, 2.45) is 5.92 Å². The van der Waals surface area contributed by atoms with E-state index in [0.717, 1.165) is 6.42 Å². The normalized spacial score (nSPS) is 13.9. The van der Waals surface area contributed by atoms with E-state index in [1.54, 1.807) is 19.1 Å². The van der Waals surface area contributed by atoms with E-state index in [1.807, 2.05) is 25.1 Å². The highest BCUT2D eigenvalue weighted by molar-refractivity contribution is 5.97. The summed E-state index contributed by atoms with van der Waals surface area (Å²) in [5.74, 6) is -0.232. The Morgan fingerprint density at radius 1 is 1.33 bits per heavy atom. The maximum Gasteiger partial charge on any atom is 0.211 e. The van der Waals surface area contributed by atoms with Crippen molar-refractivity contribution in [2.75, 3.05) is 0 Å². The highest BCUT2D eigenvalue weighted by Crippen LogP contribution is 2.20. The van der Waals surface area contributed by atoms with Crippen LogP contribution in [0, 0.1) is 16.0 Å². The minimum Gasteiger partial charge on any atom is -0.294 e. The van der Waals surface area contributed by atoms with Gasteiger partial charge in [-0.05, 0) is 6.42 Å². The van der Waals surface area contributed by atoms with Gasteiger partial charge in [-0.25, -0.2) is 0 Å². The SMILES string of the molecule is CCCC(CC(C)[N+](=O)[O-])C(=O)c1ccccc1. The van der Waals surface area contributed by atoms with Crippen LogP contribution >= 0.6 is 0 Å². The number of Topliss-reactive ketones (excluding diaryl/α,β-unsaturated/α-hetero) is 1. The fourth-order valence-electron chi connectivity index (χ4n) is 2.04. The molecule has 1 rings (SSSR count). The van der Waals surface area contributed by atoms with Crippen LogP contribution in [-0.2, 0) is 0 Å². The predicted molar refractivity (Wildman–Crippen MR) is 70.2 cm³/mol. The van der Waals surface area contributed by atoms with E-state index < -0.39 is 6.04 Å². The van der Waals surface area contributed by atoms with Crippen LogP contribution in [-0.4, -0.2) is 16.7 Å². The molecule has 0 spiro atoms. The van der Waals surface area contributed by atoms with E-state index in [-0.39, 0.29) is 16.6 Å². The number of hydrogen-bond donors (Lipinski definition) is 0. The molecule has 2 atom stereocenters. The summed E-state index contributed by atoms with van der Waals surface area (Å²) in [5, 5.41) is 10.7. The fraction of sp³-hybridized carbons (Fsp3) is 0.500. The van der Waals surface area contributed by atoms with Gasteiger partial charge in [-0.2, -0.15) is 0 Å². The van der Waals surface area contributed by atoms with Crippen molar-refractivity contribution in [3.63, 3.8) is 0 Å². The van der Waals surface area contributed by atoms with Crippen molar-refractivity contribution in [2.45, 2.75) is 39.2 Å². The molecule has 1 aromatic carbocycles. The zero-order valence-corrected chi connectivity index (χ0v) is 10.8. The predicted octanol–water partition coefficient (Wildman–Crippen LogP) is 3.34. The van der Waals surface area contributed by atoms with Crippen LogP contribution in [0.15, 0.2) is 30.3 Å². The van der Waals surface area contributed by atoms with Gasteiger partial charge in [-0.3, -0.25) is 14.9 Å². The number of hydrogen-bond acceptors (Lipinski definition) is 3. The van der Waals surface area contributed by atoms with Crippen LogP contribution < -0.4 is 0 Å². The van der Waals surface area contributed by atoms with Gasteiger partial charge in [0.2, 0.25) is 6.04 Å². The van der Waals surface area contributed by atoms with Gasteiger partial charge in [0, 0.05) is 29.7 Å². The molecule has 0 saturated carbocycles. The van der Waals surface area contributed by atoms with E-state index in [9.17, 15) is 14.9 Å². The number of carbonyl (C=O) groups excluding carboxylic acids is 1. The topological polar surface area (TPSA) is 60.2 Å². The molecule has 2 unspecified atom stereocenters. The van der Waals surface area contributed by atoms with Crippen molar-refractivity contribution in [1.29, 1.82) is 0 Å². The highest BCUT2D eigenvalue weighted by atomic mass is 16.6. The maximum atomic E-state index is 12.3. The second-order valence-corrected chi connectivity index (χ2v) is 4.59. The Bertz CT molecular complexity index is 403. The molecule has 98 valence electrons. The van der Waals surface area contributed by atoms with Crippen LogP contribution in [0.2, 0.25) is 0 Å². The quantitative estimate of drug-likeness (QED) is 0.423. The lowest BCUT2D eigenvalue weighted by atomic mass is 9.88. The van der Waals surface area contributed by atoms with Crippen molar-refractivity contribution in [3.8, 4) is 0 Å². The molecule has 18 heavy (non-hydrogen) atoms. The molecule has 0 bridgehead atoms. The Hall–Kier alpha value is -1.71. The van der Waals surface area contributed by atoms with Crippen molar-refractivity contribution < 1.29 is 9.72 Å². The van der Waals surface area contributed by atoms with Gasteiger partial charge in [0.1, 0.15) is 0 Å². The molecule has 0 N–H and O–H groups in total.